The molecule has 0 saturated carbocycles. The molecule has 192 valence electrons. The molecule has 2 rings (SSSR count). The lowest BCUT2D eigenvalue weighted by Gasteiger charge is -2.33. The van der Waals surface area contributed by atoms with Crippen molar-refractivity contribution in [3.8, 4) is 0 Å². The van der Waals surface area contributed by atoms with E-state index in [0.29, 0.717) is 21.3 Å². The van der Waals surface area contributed by atoms with E-state index in [4.69, 9.17) is 11.6 Å². The number of para-hydroxylation sites is 1. The number of anilines is 1. The average Bonchev–Trinajstić information content (AvgIpc) is 2.81. The van der Waals surface area contributed by atoms with Crippen molar-refractivity contribution < 1.29 is 22.4 Å². The second-order valence-corrected chi connectivity index (χ2v) is 10.9. The van der Waals surface area contributed by atoms with Gasteiger partial charge in [-0.15, -0.1) is 0 Å². The number of hydrogen-bond acceptors (Lipinski definition) is 4. The van der Waals surface area contributed by atoms with E-state index in [-0.39, 0.29) is 24.2 Å². The Balaban J connectivity index is 2.46. The summed E-state index contributed by atoms with van der Waals surface area (Å²) in [6.07, 6.45) is 0.700. The summed E-state index contributed by atoms with van der Waals surface area (Å²) >= 11 is 5.97. The molecule has 0 aliphatic rings. The van der Waals surface area contributed by atoms with Crippen LogP contribution >= 0.6 is 11.6 Å². The monoisotopic (exact) mass is 526 g/mol. The molecule has 11 heteroatoms. The predicted octanol–water partition coefficient (Wildman–Crippen LogP) is 3.42. The van der Waals surface area contributed by atoms with E-state index in [0.717, 1.165) is 10.4 Å². The third kappa shape index (κ3) is 7.39. The number of amides is 2. The minimum Gasteiger partial charge on any atom is -0.352 e. The minimum absolute atomic E-state index is 0.0260. The number of carbonyl (C=O) groups is 2. The van der Waals surface area contributed by atoms with Crippen molar-refractivity contribution in [2.45, 2.75) is 45.8 Å². The number of nitrogens with zero attached hydrogens (tertiary/aromatic N) is 3. The molecule has 0 spiro atoms. The molecule has 0 aliphatic carbocycles. The third-order valence-electron chi connectivity index (χ3n) is 5.57. The van der Waals surface area contributed by atoms with Gasteiger partial charge in [0, 0.05) is 31.7 Å². The summed E-state index contributed by atoms with van der Waals surface area (Å²) in [4.78, 5) is 27.7. The van der Waals surface area contributed by atoms with Crippen LogP contribution in [0.3, 0.4) is 0 Å². The molecule has 0 bridgehead atoms. The summed E-state index contributed by atoms with van der Waals surface area (Å²) in [6.45, 7) is 4.66. The van der Waals surface area contributed by atoms with Gasteiger partial charge in [-0.25, -0.2) is 8.70 Å². The van der Waals surface area contributed by atoms with Gasteiger partial charge in [0.2, 0.25) is 11.8 Å². The van der Waals surface area contributed by atoms with Crippen LogP contribution in [0.25, 0.3) is 0 Å². The van der Waals surface area contributed by atoms with Crippen molar-refractivity contribution in [2.24, 2.45) is 0 Å². The van der Waals surface area contributed by atoms with Crippen LogP contribution in [-0.2, 0) is 26.3 Å². The van der Waals surface area contributed by atoms with Crippen molar-refractivity contribution in [3.63, 3.8) is 0 Å². The predicted molar refractivity (Wildman–Crippen MR) is 136 cm³/mol. The van der Waals surface area contributed by atoms with Crippen LogP contribution in [0.5, 0.6) is 0 Å². The number of benzene rings is 2. The van der Waals surface area contributed by atoms with Crippen molar-refractivity contribution in [1.29, 1.82) is 0 Å². The summed E-state index contributed by atoms with van der Waals surface area (Å²) in [5.74, 6) is -1.84. The molecule has 1 N–H and O–H groups in total. The van der Waals surface area contributed by atoms with E-state index >= 15 is 0 Å². The molecule has 0 fully saturated rings. The Morgan fingerprint density at radius 3 is 2.20 bits per heavy atom. The van der Waals surface area contributed by atoms with Gasteiger partial charge in [0.1, 0.15) is 18.4 Å². The molecule has 8 nitrogen and oxygen atoms in total. The van der Waals surface area contributed by atoms with E-state index in [1.54, 1.807) is 31.2 Å². The molecule has 35 heavy (non-hydrogen) atoms. The van der Waals surface area contributed by atoms with E-state index in [9.17, 15) is 22.4 Å². The largest absolute Gasteiger partial charge is 0.352 e. The van der Waals surface area contributed by atoms with E-state index in [1.807, 2.05) is 13.8 Å². The number of rotatable bonds is 11. The topological polar surface area (TPSA) is 90.0 Å². The summed E-state index contributed by atoms with van der Waals surface area (Å²) in [6, 6.07) is 11.0. The molecule has 0 aliphatic heterocycles. The zero-order valence-corrected chi connectivity index (χ0v) is 22.1. The van der Waals surface area contributed by atoms with Gasteiger partial charge in [-0.2, -0.15) is 12.7 Å². The molecule has 2 aromatic carbocycles. The average molecular weight is 527 g/mol. The standard InChI is InChI=1S/C24H32ClFN4O4S/c1-6-17(2)27-24(32)18(3)29(15-19-11-13-20(25)14-12-19)23(31)16-30(35(33,34)28(4)5)22-10-8-7-9-21(22)26/h7-14,17-18H,6,15-16H2,1-5H3,(H,27,32)/t17-,18-/m1/s1. The zero-order valence-electron chi connectivity index (χ0n) is 20.5. The Hall–Kier alpha value is -2.69. The lowest BCUT2D eigenvalue weighted by atomic mass is 10.1. The second kappa shape index (κ2) is 12.3. The number of halogens is 2. The highest BCUT2D eigenvalue weighted by Crippen LogP contribution is 2.24. The highest BCUT2D eigenvalue weighted by atomic mass is 35.5. The number of nitrogens with one attached hydrogen (secondary N) is 1. The summed E-state index contributed by atoms with van der Waals surface area (Å²) in [5, 5.41) is 3.36. The van der Waals surface area contributed by atoms with Crippen LogP contribution in [-0.4, -0.2) is 62.2 Å². The first kappa shape index (κ1) is 28.5. The summed E-state index contributed by atoms with van der Waals surface area (Å²) in [5.41, 5.74) is 0.427. The molecule has 0 aromatic heterocycles. The van der Waals surface area contributed by atoms with E-state index in [2.05, 4.69) is 5.32 Å². The van der Waals surface area contributed by atoms with Gasteiger partial charge in [-0.3, -0.25) is 9.59 Å². The van der Waals surface area contributed by atoms with Gasteiger partial charge >= 0.3 is 10.2 Å². The van der Waals surface area contributed by atoms with Crippen LogP contribution in [0.2, 0.25) is 5.02 Å². The van der Waals surface area contributed by atoms with Crippen LogP contribution in [0.1, 0.15) is 32.8 Å². The molecule has 2 amide bonds. The molecule has 2 atom stereocenters. The van der Waals surface area contributed by atoms with Crippen LogP contribution in [0.15, 0.2) is 48.5 Å². The molecular weight excluding hydrogens is 495 g/mol. The SMILES string of the molecule is CC[C@@H](C)NC(=O)[C@@H](C)N(Cc1ccc(Cl)cc1)C(=O)CN(c1ccccc1F)S(=O)(=O)N(C)C. The van der Waals surface area contributed by atoms with Gasteiger partial charge in [0.25, 0.3) is 0 Å². The maximum Gasteiger partial charge on any atom is 0.304 e. The first-order chi connectivity index (χ1) is 16.4. The van der Waals surface area contributed by atoms with Gasteiger partial charge in [0.15, 0.2) is 0 Å². The lowest BCUT2D eigenvalue weighted by Crippen LogP contribution is -2.53. The van der Waals surface area contributed by atoms with Gasteiger partial charge in [0.05, 0.1) is 5.69 Å². The van der Waals surface area contributed by atoms with E-state index in [1.165, 1.54) is 37.2 Å². The normalized spacial score (nSPS) is 13.3. The third-order valence-corrected chi connectivity index (χ3v) is 7.63. The first-order valence-corrected chi connectivity index (χ1v) is 12.9. The Morgan fingerprint density at radius 2 is 1.66 bits per heavy atom. The molecule has 0 heterocycles. The van der Waals surface area contributed by atoms with Crippen molar-refractivity contribution in [3.05, 3.63) is 64.9 Å². The Morgan fingerprint density at radius 1 is 1.06 bits per heavy atom. The first-order valence-electron chi connectivity index (χ1n) is 11.2. The van der Waals surface area contributed by atoms with Crippen molar-refractivity contribution in [2.75, 3.05) is 24.9 Å². The molecular formula is C24H32ClFN4O4S. The fraction of sp³-hybridized carbons (Fsp3) is 0.417. The molecule has 2 aromatic rings. The zero-order chi connectivity index (χ0) is 26.3. The van der Waals surface area contributed by atoms with Crippen molar-refractivity contribution in [1.82, 2.24) is 14.5 Å². The lowest BCUT2D eigenvalue weighted by molar-refractivity contribution is -0.139. The maximum atomic E-state index is 14.6. The van der Waals surface area contributed by atoms with Crippen molar-refractivity contribution >= 4 is 39.3 Å². The number of hydrogen-bond donors (Lipinski definition) is 1. The van der Waals surface area contributed by atoms with E-state index < -0.39 is 34.5 Å². The van der Waals surface area contributed by atoms with Gasteiger partial charge < -0.3 is 10.2 Å². The quantitative estimate of drug-likeness (QED) is 0.486. The highest BCUT2D eigenvalue weighted by Gasteiger charge is 2.33. The Labute approximate surface area is 211 Å². The fourth-order valence-corrected chi connectivity index (χ4v) is 4.38. The van der Waals surface area contributed by atoms with Crippen LogP contribution in [0, 0.1) is 5.82 Å². The second-order valence-electron chi connectivity index (χ2n) is 8.39. The molecule has 0 radical (unpaired) electrons. The fourth-order valence-electron chi connectivity index (χ4n) is 3.19. The Bertz CT molecular complexity index is 1130. The number of carbonyl (C=O) groups excluding carboxylic acids is 2. The molecule has 0 unspecified atom stereocenters. The maximum absolute atomic E-state index is 14.6. The summed E-state index contributed by atoms with van der Waals surface area (Å²) in [7, 11) is -1.64. The summed E-state index contributed by atoms with van der Waals surface area (Å²) < 4.78 is 42.3. The minimum atomic E-state index is -4.23. The van der Waals surface area contributed by atoms with Crippen LogP contribution < -0.4 is 9.62 Å². The van der Waals surface area contributed by atoms with Gasteiger partial charge in [-0.05, 0) is 50.1 Å². The smallest absolute Gasteiger partial charge is 0.304 e. The van der Waals surface area contributed by atoms with Crippen LogP contribution in [0.4, 0.5) is 10.1 Å². The Kier molecular flexibility index (Phi) is 10.1. The van der Waals surface area contributed by atoms with Gasteiger partial charge in [-0.1, -0.05) is 42.8 Å². The highest BCUT2D eigenvalue weighted by molar-refractivity contribution is 7.90. The molecule has 0 saturated heterocycles.